The Morgan fingerprint density at radius 2 is 2.64 bits per heavy atom. The average molecular weight is 155 g/mol. The standard InChI is InChI=1S/C6H9N3O2/c1-7-6(10)8-4-5-2-3-11-9-5/h2-3H,4H2,1H3,(H2,7,8,10). The SMILES string of the molecule is CNC(=O)NCc1ccon1. The molecule has 0 radical (unpaired) electrons. The zero-order valence-electron chi connectivity index (χ0n) is 6.13. The van der Waals surface area contributed by atoms with Crippen LogP contribution < -0.4 is 10.6 Å². The Hall–Kier alpha value is -1.52. The second-order valence-corrected chi connectivity index (χ2v) is 1.92. The molecule has 5 heteroatoms. The van der Waals surface area contributed by atoms with E-state index in [2.05, 4.69) is 20.3 Å². The van der Waals surface area contributed by atoms with Gasteiger partial charge in [0.05, 0.1) is 6.54 Å². The van der Waals surface area contributed by atoms with Crippen molar-refractivity contribution in [3.8, 4) is 0 Å². The van der Waals surface area contributed by atoms with Gasteiger partial charge in [-0.25, -0.2) is 4.79 Å². The molecule has 0 aliphatic heterocycles. The minimum atomic E-state index is -0.229. The summed E-state index contributed by atoms with van der Waals surface area (Å²) < 4.78 is 4.56. The van der Waals surface area contributed by atoms with Gasteiger partial charge in [-0.3, -0.25) is 0 Å². The van der Waals surface area contributed by atoms with Crippen molar-refractivity contribution in [1.82, 2.24) is 15.8 Å². The molecular weight excluding hydrogens is 146 g/mol. The molecule has 1 aromatic rings. The molecule has 1 aromatic heterocycles. The Labute approximate surface area is 63.8 Å². The fraction of sp³-hybridized carbons (Fsp3) is 0.333. The normalized spacial score (nSPS) is 9.18. The number of carbonyl (C=O) groups is 1. The van der Waals surface area contributed by atoms with E-state index < -0.39 is 0 Å². The third-order valence-electron chi connectivity index (χ3n) is 1.15. The van der Waals surface area contributed by atoms with E-state index in [1.807, 2.05) is 0 Å². The van der Waals surface area contributed by atoms with E-state index in [1.165, 1.54) is 6.26 Å². The Bertz CT molecular complexity index is 220. The van der Waals surface area contributed by atoms with Crippen molar-refractivity contribution in [2.75, 3.05) is 7.05 Å². The number of amides is 2. The van der Waals surface area contributed by atoms with Crippen LogP contribution in [-0.2, 0) is 6.54 Å². The first-order valence-electron chi connectivity index (χ1n) is 3.18. The van der Waals surface area contributed by atoms with Crippen molar-refractivity contribution in [1.29, 1.82) is 0 Å². The van der Waals surface area contributed by atoms with Gasteiger partial charge < -0.3 is 15.2 Å². The lowest BCUT2D eigenvalue weighted by Gasteiger charge is -1.99. The van der Waals surface area contributed by atoms with Crippen LogP contribution in [0.3, 0.4) is 0 Å². The molecule has 1 rings (SSSR count). The highest BCUT2D eigenvalue weighted by Crippen LogP contribution is 1.91. The zero-order chi connectivity index (χ0) is 8.10. The summed E-state index contributed by atoms with van der Waals surface area (Å²) in [6.07, 6.45) is 1.46. The molecule has 0 atom stereocenters. The number of rotatable bonds is 2. The van der Waals surface area contributed by atoms with Crippen molar-refractivity contribution >= 4 is 6.03 Å². The van der Waals surface area contributed by atoms with Crippen molar-refractivity contribution < 1.29 is 9.32 Å². The van der Waals surface area contributed by atoms with E-state index in [0.717, 1.165) is 0 Å². The molecule has 2 N–H and O–H groups in total. The van der Waals surface area contributed by atoms with Gasteiger partial charge in [0.15, 0.2) is 0 Å². The zero-order valence-corrected chi connectivity index (χ0v) is 6.13. The summed E-state index contributed by atoms with van der Waals surface area (Å²) in [5.41, 5.74) is 0.702. The minimum Gasteiger partial charge on any atom is -0.364 e. The molecule has 0 unspecified atom stereocenters. The van der Waals surface area contributed by atoms with Crippen molar-refractivity contribution in [2.24, 2.45) is 0 Å². The molecule has 0 fully saturated rings. The minimum absolute atomic E-state index is 0.229. The molecule has 0 spiro atoms. The van der Waals surface area contributed by atoms with Crippen LogP contribution in [0.15, 0.2) is 16.9 Å². The molecule has 5 nitrogen and oxygen atoms in total. The maximum absolute atomic E-state index is 10.6. The number of nitrogens with zero attached hydrogens (tertiary/aromatic N) is 1. The number of urea groups is 1. The van der Waals surface area contributed by atoms with Gasteiger partial charge in [0.1, 0.15) is 12.0 Å². The first kappa shape index (κ1) is 7.59. The summed E-state index contributed by atoms with van der Waals surface area (Å²) in [4.78, 5) is 10.6. The quantitative estimate of drug-likeness (QED) is 0.636. The van der Waals surface area contributed by atoms with E-state index in [1.54, 1.807) is 13.1 Å². The lowest BCUT2D eigenvalue weighted by atomic mass is 10.4. The highest BCUT2D eigenvalue weighted by atomic mass is 16.5. The average Bonchev–Trinajstić information content (AvgIpc) is 2.52. The second-order valence-electron chi connectivity index (χ2n) is 1.92. The lowest BCUT2D eigenvalue weighted by molar-refractivity contribution is 0.242. The van der Waals surface area contributed by atoms with Crippen molar-refractivity contribution in [2.45, 2.75) is 6.54 Å². The molecule has 0 bridgehead atoms. The van der Waals surface area contributed by atoms with Crippen LogP contribution >= 0.6 is 0 Å². The number of hydrogen-bond donors (Lipinski definition) is 2. The maximum atomic E-state index is 10.6. The Morgan fingerprint density at radius 1 is 1.82 bits per heavy atom. The molecule has 0 aliphatic carbocycles. The Kier molecular flexibility index (Phi) is 2.48. The molecule has 0 aromatic carbocycles. The maximum Gasteiger partial charge on any atom is 0.314 e. The third kappa shape index (κ3) is 2.29. The Balaban J connectivity index is 2.29. The van der Waals surface area contributed by atoms with Crippen LogP contribution in [0.5, 0.6) is 0 Å². The van der Waals surface area contributed by atoms with E-state index in [9.17, 15) is 4.79 Å². The Morgan fingerprint density at radius 3 is 3.18 bits per heavy atom. The number of aromatic nitrogens is 1. The molecule has 11 heavy (non-hydrogen) atoms. The van der Waals surface area contributed by atoms with Gasteiger partial charge in [-0.05, 0) is 0 Å². The summed E-state index contributed by atoms with van der Waals surface area (Å²) in [6.45, 7) is 0.385. The van der Waals surface area contributed by atoms with Crippen LogP contribution in [0.25, 0.3) is 0 Å². The van der Waals surface area contributed by atoms with Crippen LogP contribution in [0, 0.1) is 0 Å². The highest BCUT2D eigenvalue weighted by molar-refractivity contribution is 5.73. The summed E-state index contributed by atoms with van der Waals surface area (Å²) >= 11 is 0. The van der Waals surface area contributed by atoms with Crippen LogP contribution in [-0.4, -0.2) is 18.2 Å². The smallest absolute Gasteiger partial charge is 0.314 e. The van der Waals surface area contributed by atoms with Crippen molar-refractivity contribution in [3.63, 3.8) is 0 Å². The van der Waals surface area contributed by atoms with Crippen LogP contribution in [0.2, 0.25) is 0 Å². The van der Waals surface area contributed by atoms with Gasteiger partial charge in [0.2, 0.25) is 0 Å². The predicted molar refractivity (Wildman–Crippen MR) is 37.8 cm³/mol. The first-order valence-corrected chi connectivity index (χ1v) is 3.18. The van der Waals surface area contributed by atoms with Gasteiger partial charge >= 0.3 is 6.03 Å². The van der Waals surface area contributed by atoms with Gasteiger partial charge in [-0.1, -0.05) is 5.16 Å². The lowest BCUT2D eigenvalue weighted by Crippen LogP contribution is -2.32. The molecular formula is C6H9N3O2. The summed E-state index contributed by atoms with van der Waals surface area (Å²) in [5, 5.41) is 8.59. The first-order chi connectivity index (χ1) is 5.33. The van der Waals surface area contributed by atoms with Gasteiger partial charge in [-0.2, -0.15) is 0 Å². The van der Waals surface area contributed by atoms with Crippen LogP contribution in [0.1, 0.15) is 5.69 Å². The van der Waals surface area contributed by atoms with E-state index >= 15 is 0 Å². The fourth-order valence-electron chi connectivity index (χ4n) is 0.588. The van der Waals surface area contributed by atoms with Crippen molar-refractivity contribution in [3.05, 3.63) is 18.0 Å². The molecule has 60 valence electrons. The second kappa shape index (κ2) is 3.60. The summed E-state index contributed by atoms with van der Waals surface area (Å²) in [6, 6.07) is 1.46. The third-order valence-corrected chi connectivity index (χ3v) is 1.15. The fourth-order valence-corrected chi connectivity index (χ4v) is 0.588. The molecule has 0 saturated heterocycles. The van der Waals surface area contributed by atoms with E-state index in [4.69, 9.17) is 0 Å². The summed E-state index contributed by atoms with van der Waals surface area (Å²) in [7, 11) is 1.55. The molecule has 0 saturated carbocycles. The predicted octanol–water partition coefficient (Wildman–Crippen LogP) is 0.104. The summed E-state index contributed by atoms with van der Waals surface area (Å²) in [5.74, 6) is 0. The number of carbonyl (C=O) groups excluding carboxylic acids is 1. The van der Waals surface area contributed by atoms with E-state index in [0.29, 0.717) is 12.2 Å². The number of nitrogens with one attached hydrogen (secondary N) is 2. The monoisotopic (exact) mass is 155 g/mol. The molecule has 0 aliphatic rings. The number of hydrogen-bond acceptors (Lipinski definition) is 3. The largest absolute Gasteiger partial charge is 0.364 e. The van der Waals surface area contributed by atoms with Crippen LogP contribution in [0.4, 0.5) is 4.79 Å². The van der Waals surface area contributed by atoms with Gasteiger partial charge in [0, 0.05) is 13.1 Å². The van der Waals surface area contributed by atoms with E-state index in [-0.39, 0.29) is 6.03 Å². The molecule has 1 heterocycles. The van der Waals surface area contributed by atoms with Gasteiger partial charge in [0.25, 0.3) is 0 Å². The molecule has 2 amide bonds. The topological polar surface area (TPSA) is 67.2 Å². The van der Waals surface area contributed by atoms with Gasteiger partial charge in [-0.15, -0.1) is 0 Å². The highest BCUT2D eigenvalue weighted by Gasteiger charge is 1.98.